The van der Waals surface area contributed by atoms with Crippen LogP contribution in [-0.4, -0.2) is 37.1 Å². The molecule has 0 saturated carbocycles. The van der Waals surface area contributed by atoms with Crippen molar-refractivity contribution in [1.29, 1.82) is 0 Å². The summed E-state index contributed by atoms with van der Waals surface area (Å²) < 4.78 is 0. The molecule has 0 bridgehead atoms. The molecule has 1 aromatic rings. The Bertz CT molecular complexity index is 368. The van der Waals surface area contributed by atoms with Crippen molar-refractivity contribution in [2.45, 2.75) is 52.0 Å². The summed E-state index contributed by atoms with van der Waals surface area (Å²) in [4.78, 5) is 2.69. The Labute approximate surface area is 130 Å². The summed E-state index contributed by atoms with van der Waals surface area (Å²) in [7, 11) is 0. The largest absolute Gasteiger partial charge is 0.317 e. The zero-order valence-corrected chi connectivity index (χ0v) is 13.9. The highest BCUT2D eigenvalue weighted by atomic mass is 15.2. The summed E-state index contributed by atoms with van der Waals surface area (Å²) in [5.41, 5.74) is 1.51. The first-order valence-corrected chi connectivity index (χ1v) is 8.78. The van der Waals surface area contributed by atoms with Gasteiger partial charge < -0.3 is 10.2 Å². The van der Waals surface area contributed by atoms with Crippen LogP contribution < -0.4 is 5.32 Å². The molecule has 1 atom stereocenters. The van der Waals surface area contributed by atoms with Gasteiger partial charge in [-0.25, -0.2) is 0 Å². The van der Waals surface area contributed by atoms with Crippen LogP contribution >= 0.6 is 0 Å². The molecule has 1 N–H and O–H groups in total. The number of nitrogens with one attached hydrogen (secondary N) is 1. The van der Waals surface area contributed by atoms with Crippen LogP contribution in [0.3, 0.4) is 0 Å². The maximum Gasteiger partial charge on any atom is 0.00790 e. The van der Waals surface area contributed by atoms with E-state index in [1.165, 1.54) is 57.3 Å². The van der Waals surface area contributed by atoms with Gasteiger partial charge in [0, 0.05) is 6.04 Å². The summed E-state index contributed by atoms with van der Waals surface area (Å²) >= 11 is 0. The molecule has 0 aromatic heterocycles. The van der Waals surface area contributed by atoms with E-state index in [0.717, 1.165) is 18.5 Å². The molecule has 2 rings (SSSR count). The molecule has 2 heteroatoms. The topological polar surface area (TPSA) is 15.3 Å². The van der Waals surface area contributed by atoms with Gasteiger partial charge in [-0.05, 0) is 76.7 Å². The van der Waals surface area contributed by atoms with Crippen LogP contribution in [0.25, 0.3) is 0 Å². The Morgan fingerprint density at radius 1 is 1.14 bits per heavy atom. The molecule has 1 fully saturated rings. The Balaban J connectivity index is 1.65. The number of likely N-dealkylation sites (tertiary alicyclic amines) is 1. The van der Waals surface area contributed by atoms with Crippen LogP contribution in [0.1, 0.15) is 45.1 Å². The van der Waals surface area contributed by atoms with Crippen molar-refractivity contribution in [2.75, 3.05) is 26.2 Å². The van der Waals surface area contributed by atoms with Gasteiger partial charge in [0.05, 0.1) is 0 Å². The molecule has 0 aliphatic carbocycles. The number of piperidine rings is 1. The highest BCUT2D eigenvalue weighted by Gasteiger charge is 2.22. The molecule has 1 unspecified atom stereocenters. The maximum absolute atomic E-state index is 3.52. The van der Waals surface area contributed by atoms with Crippen molar-refractivity contribution < 1.29 is 0 Å². The van der Waals surface area contributed by atoms with E-state index in [2.05, 4.69) is 54.4 Å². The monoisotopic (exact) mass is 288 g/mol. The molecule has 0 amide bonds. The lowest BCUT2D eigenvalue weighted by atomic mass is 9.89. The minimum Gasteiger partial charge on any atom is -0.317 e. The molecule has 2 nitrogen and oxygen atoms in total. The second-order valence-corrected chi connectivity index (χ2v) is 6.56. The zero-order chi connectivity index (χ0) is 14.9. The number of rotatable bonds is 8. The fraction of sp³-hybridized carbons (Fsp3) is 0.684. The van der Waals surface area contributed by atoms with Gasteiger partial charge >= 0.3 is 0 Å². The summed E-state index contributed by atoms with van der Waals surface area (Å²) in [6, 6.07) is 11.7. The van der Waals surface area contributed by atoms with Crippen molar-refractivity contribution in [3.8, 4) is 0 Å². The Hall–Kier alpha value is -0.860. The fourth-order valence-electron chi connectivity index (χ4n) is 3.34. The van der Waals surface area contributed by atoms with Gasteiger partial charge in [0.15, 0.2) is 0 Å². The molecule has 1 aliphatic heterocycles. The molecular formula is C19H32N2. The summed E-state index contributed by atoms with van der Waals surface area (Å²) in [6.45, 7) is 9.52. The molecule has 21 heavy (non-hydrogen) atoms. The van der Waals surface area contributed by atoms with Gasteiger partial charge in [0.25, 0.3) is 0 Å². The quantitative estimate of drug-likeness (QED) is 0.733. The van der Waals surface area contributed by atoms with Gasteiger partial charge in [-0.3, -0.25) is 0 Å². The van der Waals surface area contributed by atoms with Crippen LogP contribution in [0.5, 0.6) is 0 Å². The van der Waals surface area contributed by atoms with Gasteiger partial charge in [-0.2, -0.15) is 0 Å². The molecular weight excluding hydrogens is 256 g/mol. The van der Waals surface area contributed by atoms with Crippen molar-refractivity contribution in [2.24, 2.45) is 5.92 Å². The van der Waals surface area contributed by atoms with E-state index < -0.39 is 0 Å². The van der Waals surface area contributed by atoms with Gasteiger partial charge in [0.1, 0.15) is 0 Å². The fourth-order valence-corrected chi connectivity index (χ4v) is 3.34. The molecule has 1 saturated heterocycles. The molecule has 1 aliphatic rings. The first-order chi connectivity index (χ1) is 10.3. The third-order valence-electron chi connectivity index (χ3n) is 4.81. The van der Waals surface area contributed by atoms with E-state index in [0.29, 0.717) is 0 Å². The minimum absolute atomic E-state index is 0.729. The van der Waals surface area contributed by atoms with Crippen LogP contribution in [0.4, 0.5) is 0 Å². The highest BCUT2D eigenvalue weighted by Crippen LogP contribution is 2.23. The highest BCUT2D eigenvalue weighted by molar-refractivity contribution is 5.15. The smallest absolute Gasteiger partial charge is 0.00790 e. The molecule has 1 heterocycles. The van der Waals surface area contributed by atoms with E-state index in [9.17, 15) is 0 Å². The van der Waals surface area contributed by atoms with E-state index in [1.54, 1.807) is 0 Å². The lowest BCUT2D eigenvalue weighted by molar-refractivity contribution is 0.135. The van der Waals surface area contributed by atoms with Crippen molar-refractivity contribution in [1.82, 2.24) is 10.2 Å². The second-order valence-electron chi connectivity index (χ2n) is 6.56. The third kappa shape index (κ3) is 5.80. The second kappa shape index (κ2) is 9.22. The maximum atomic E-state index is 3.52. The summed E-state index contributed by atoms with van der Waals surface area (Å²) in [6.07, 6.45) is 6.51. The van der Waals surface area contributed by atoms with Crippen LogP contribution in [0, 0.1) is 5.92 Å². The van der Waals surface area contributed by atoms with Gasteiger partial charge in [0.2, 0.25) is 0 Å². The Morgan fingerprint density at radius 2 is 1.86 bits per heavy atom. The van der Waals surface area contributed by atoms with Gasteiger partial charge in [-0.15, -0.1) is 0 Å². The summed E-state index contributed by atoms with van der Waals surface area (Å²) in [5.74, 6) is 0.883. The summed E-state index contributed by atoms with van der Waals surface area (Å²) in [5, 5.41) is 3.52. The lowest BCUT2D eigenvalue weighted by Crippen LogP contribution is -2.41. The van der Waals surface area contributed by atoms with Crippen molar-refractivity contribution >= 4 is 0 Å². The predicted molar refractivity (Wildman–Crippen MR) is 91.7 cm³/mol. The number of nitrogens with zero attached hydrogens (tertiary/aromatic N) is 1. The Kier molecular flexibility index (Phi) is 7.25. The van der Waals surface area contributed by atoms with Crippen LogP contribution in [-0.2, 0) is 6.42 Å². The predicted octanol–water partition coefficient (Wildman–Crippen LogP) is 3.72. The number of benzene rings is 1. The van der Waals surface area contributed by atoms with E-state index in [1.807, 2.05) is 0 Å². The van der Waals surface area contributed by atoms with Crippen molar-refractivity contribution in [3.05, 3.63) is 35.9 Å². The Morgan fingerprint density at radius 3 is 2.52 bits per heavy atom. The van der Waals surface area contributed by atoms with E-state index in [4.69, 9.17) is 0 Å². The van der Waals surface area contributed by atoms with Crippen LogP contribution in [0.2, 0.25) is 0 Å². The zero-order valence-electron chi connectivity index (χ0n) is 13.9. The number of hydrogen-bond donors (Lipinski definition) is 1. The standard InChI is InChI=1S/C19H32N2/c1-3-12-20-13-9-17(2)21-14-10-19(11-15-21)16-18-7-5-4-6-8-18/h4-8,17,19-20H,3,9-16H2,1-2H3. The van der Waals surface area contributed by atoms with Gasteiger partial charge in [-0.1, -0.05) is 37.3 Å². The first-order valence-electron chi connectivity index (χ1n) is 8.78. The molecule has 0 spiro atoms. The minimum atomic E-state index is 0.729. The first kappa shape index (κ1) is 16.5. The molecule has 118 valence electrons. The van der Waals surface area contributed by atoms with E-state index in [-0.39, 0.29) is 0 Å². The molecule has 0 radical (unpaired) electrons. The normalized spacial score (nSPS) is 18.8. The average molecular weight is 288 g/mol. The SMILES string of the molecule is CCCNCCC(C)N1CCC(Cc2ccccc2)CC1. The van der Waals surface area contributed by atoms with Crippen LogP contribution in [0.15, 0.2) is 30.3 Å². The number of hydrogen-bond acceptors (Lipinski definition) is 2. The van der Waals surface area contributed by atoms with E-state index >= 15 is 0 Å². The lowest BCUT2D eigenvalue weighted by Gasteiger charge is -2.36. The molecule has 1 aromatic carbocycles. The average Bonchev–Trinajstić information content (AvgIpc) is 2.53. The van der Waals surface area contributed by atoms with Crippen molar-refractivity contribution in [3.63, 3.8) is 0 Å². The third-order valence-corrected chi connectivity index (χ3v) is 4.81.